The van der Waals surface area contributed by atoms with Crippen LogP contribution in [0.2, 0.25) is 0 Å². The summed E-state index contributed by atoms with van der Waals surface area (Å²) in [6.45, 7) is 4.62. The lowest BCUT2D eigenvalue weighted by Gasteiger charge is -2.35. The van der Waals surface area contributed by atoms with E-state index in [0.717, 1.165) is 12.8 Å². The van der Waals surface area contributed by atoms with Crippen LogP contribution in [0, 0.1) is 23.7 Å². The summed E-state index contributed by atoms with van der Waals surface area (Å²) >= 11 is 0. The van der Waals surface area contributed by atoms with Gasteiger partial charge in [-0.1, -0.05) is 0 Å². The molecule has 106 valence electrons. The largest absolute Gasteiger partial charge is 0.339 e. The minimum atomic E-state index is -0.487. The van der Waals surface area contributed by atoms with Crippen molar-refractivity contribution >= 4 is 5.91 Å². The standard InChI is InChI=1S/C14H18N4O2/c1-11-4-5-12(19)18(16-11)8-13(20)17-7-3-6-14(2,9-15)10-17/h4-5H,3,6-8,10H2,1-2H3/t14-/m0/s1. The van der Waals surface area contributed by atoms with Crippen LogP contribution in [-0.4, -0.2) is 33.7 Å². The fourth-order valence-corrected chi connectivity index (χ4v) is 2.44. The Balaban J connectivity index is 2.11. The number of carbonyl (C=O) groups is 1. The second-order valence-corrected chi connectivity index (χ2v) is 5.56. The highest BCUT2D eigenvalue weighted by molar-refractivity contribution is 5.76. The Morgan fingerprint density at radius 3 is 3.00 bits per heavy atom. The summed E-state index contributed by atoms with van der Waals surface area (Å²) in [5.74, 6) is -0.161. The van der Waals surface area contributed by atoms with Gasteiger partial charge >= 0.3 is 0 Å². The van der Waals surface area contributed by atoms with Gasteiger partial charge in [0.05, 0.1) is 17.2 Å². The number of rotatable bonds is 2. The van der Waals surface area contributed by atoms with E-state index in [9.17, 15) is 9.59 Å². The number of nitrogens with zero attached hydrogens (tertiary/aromatic N) is 4. The van der Waals surface area contributed by atoms with Crippen molar-refractivity contribution in [1.82, 2.24) is 14.7 Å². The normalized spacial score (nSPS) is 22.4. The molecule has 2 heterocycles. The zero-order chi connectivity index (χ0) is 14.8. The summed E-state index contributed by atoms with van der Waals surface area (Å²) in [5.41, 5.74) is -0.0827. The van der Waals surface area contributed by atoms with E-state index in [1.807, 2.05) is 6.92 Å². The van der Waals surface area contributed by atoms with Gasteiger partial charge in [-0.25, -0.2) is 4.68 Å². The quantitative estimate of drug-likeness (QED) is 0.795. The second kappa shape index (κ2) is 5.45. The molecule has 0 aliphatic carbocycles. The summed E-state index contributed by atoms with van der Waals surface area (Å²) in [6, 6.07) is 5.30. The minimum Gasteiger partial charge on any atom is -0.339 e. The molecule has 0 bridgehead atoms. The molecule has 0 aromatic carbocycles. The van der Waals surface area contributed by atoms with Crippen LogP contribution in [0.5, 0.6) is 0 Å². The van der Waals surface area contributed by atoms with E-state index in [1.165, 1.54) is 10.7 Å². The molecule has 1 fully saturated rings. The lowest BCUT2D eigenvalue weighted by molar-refractivity contribution is -0.134. The average Bonchev–Trinajstić information content (AvgIpc) is 2.43. The first-order valence-corrected chi connectivity index (χ1v) is 6.67. The Morgan fingerprint density at radius 2 is 2.30 bits per heavy atom. The van der Waals surface area contributed by atoms with E-state index in [1.54, 1.807) is 17.9 Å². The molecular formula is C14H18N4O2. The minimum absolute atomic E-state index is 0.0674. The van der Waals surface area contributed by atoms with Gasteiger partial charge in [0.25, 0.3) is 5.56 Å². The van der Waals surface area contributed by atoms with Gasteiger partial charge in [-0.3, -0.25) is 9.59 Å². The molecule has 0 radical (unpaired) electrons. The van der Waals surface area contributed by atoms with Gasteiger partial charge in [0.15, 0.2) is 0 Å². The highest BCUT2D eigenvalue weighted by Gasteiger charge is 2.33. The molecule has 1 atom stereocenters. The van der Waals surface area contributed by atoms with E-state index in [2.05, 4.69) is 11.2 Å². The van der Waals surface area contributed by atoms with Crippen molar-refractivity contribution < 1.29 is 4.79 Å². The monoisotopic (exact) mass is 274 g/mol. The molecule has 1 aliphatic rings. The topological polar surface area (TPSA) is 79.0 Å². The first kappa shape index (κ1) is 14.3. The maximum atomic E-state index is 12.3. The van der Waals surface area contributed by atoms with Crippen molar-refractivity contribution in [3.63, 3.8) is 0 Å². The molecule has 1 aliphatic heterocycles. The Kier molecular flexibility index (Phi) is 3.89. The van der Waals surface area contributed by atoms with Crippen LogP contribution in [0.15, 0.2) is 16.9 Å². The van der Waals surface area contributed by atoms with E-state index in [-0.39, 0.29) is 18.0 Å². The number of carbonyl (C=O) groups excluding carboxylic acids is 1. The number of aryl methyl sites for hydroxylation is 1. The molecule has 0 spiro atoms. The molecule has 0 saturated carbocycles. The Bertz CT molecular complexity index is 616. The van der Waals surface area contributed by atoms with Crippen molar-refractivity contribution in [2.75, 3.05) is 13.1 Å². The van der Waals surface area contributed by atoms with Crippen molar-refractivity contribution in [3.8, 4) is 6.07 Å². The highest BCUT2D eigenvalue weighted by Crippen LogP contribution is 2.28. The number of aromatic nitrogens is 2. The molecule has 2 rings (SSSR count). The highest BCUT2D eigenvalue weighted by atomic mass is 16.2. The number of amides is 1. The van der Waals surface area contributed by atoms with Gasteiger partial charge in [0.1, 0.15) is 6.54 Å². The third-order valence-corrected chi connectivity index (χ3v) is 3.60. The molecule has 6 heteroatoms. The lowest BCUT2D eigenvalue weighted by atomic mass is 9.83. The first-order chi connectivity index (χ1) is 9.43. The maximum Gasteiger partial charge on any atom is 0.267 e. The summed E-state index contributed by atoms with van der Waals surface area (Å²) in [7, 11) is 0. The molecule has 0 unspecified atom stereocenters. The molecule has 1 aromatic rings. The van der Waals surface area contributed by atoms with Gasteiger partial charge in [0, 0.05) is 19.2 Å². The summed E-state index contributed by atoms with van der Waals surface area (Å²) in [4.78, 5) is 25.6. The smallest absolute Gasteiger partial charge is 0.267 e. The molecule has 1 amide bonds. The van der Waals surface area contributed by atoms with Crippen molar-refractivity contribution in [2.24, 2.45) is 5.41 Å². The predicted octanol–water partition coefficient (Wildman–Crippen LogP) is 0.704. The predicted molar refractivity (Wildman–Crippen MR) is 72.8 cm³/mol. The van der Waals surface area contributed by atoms with Crippen LogP contribution in [0.1, 0.15) is 25.5 Å². The molecule has 1 saturated heterocycles. The Hall–Kier alpha value is -2.16. The molecule has 1 aromatic heterocycles. The number of likely N-dealkylation sites (tertiary alicyclic amines) is 1. The van der Waals surface area contributed by atoms with Crippen molar-refractivity contribution in [1.29, 1.82) is 5.26 Å². The Morgan fingerprint density at radius 1 is 1.55 bits per heavy atom. The molecule has 20 heavy (non-hydrogen) atoms. The number of nitriles is 1. The number of hydrogen-bond acceptors (Lipinski definition) is 4. The average molecular weight is 274 g/mol. The van der Waals surface area contributed by atoms with Gasteiger partial charge in [-0.05, 0) is 32.8 Å². The van der Waals surface area contributed by atoms with E-state index in [4.69, 9.17) is 5.26 Å². The lowest BCUT2D eigenvalue weighted by Crippen LogP contribution is -2.46. The third kappa shape index (κ3) is 3.05. The fourth-order valence-electron chi connectivity index (χ4n) is 2.44. The van der Waals surface area contributed by atoms with E-state index in [0.29, 0.717) is 18.8 Å². The number of piperidine rings is 1. The van der Waals surface area contributed by atoms with Crippen LogP contribution in [0.4, 0.5) is 0 Å². The van der Waals surface area contributed by atoms with Crippen LogP contribution in [-0.2, 0) is 11.3 Å². The second-order valence-electron chi connectivity index (χ2n) is 5.56. The SMILES string of the molecule is Cc1ccc(=O)n(CC(=O)N2CCC[C@@](C)(C#N)C2)n1. The van der Waals surface area contributed by atoms with Crippen molar-refractivity contribution in [3.05, 3.63) is 28.2 Å². The van der Waals surface area contributed by atoms with Crippen LogP contribution < -0.4 is 5.56 Å². The zero-order valence-corrected chi connectivity index (χ0v) is 11.8. The zero-order valence-electron chi connectivity index (χ0n) is 11.8. The fraction of sp³-hybridized carbons (Fsp3) is 0.571. The van der Waals surface area contributed by atoms with Gasteiger partial charge in [0.2, 0.25) is 5.91 Å². The van der Waals surface area contributed by atoms with Crippen LogP contribution in [0.25, 0.3) is 0 Å². The molecule has 0 N–H and O–H groups in total. The first-order valence-electron chi connectivity index (χ1n) is 6.67. The van der Waals surface area contributed by atoms with Crippen LogP contribution in [0.3, 0.4) is 0 Å². The summed E-state index contributed by atoms with van der Waals surface area (Å²) in [5, 5.41) is 13.2. The maximum absolute atomic E-state index is 12.3. The van der Waals surface area contributed by atoms with E-state index < -0.39 is 5.41 Å². The summed E-state index contributed by atoms with van der Waals surface area (Å²) < 4.78 is 1.18. The van der Waals surface area contributed by atoms with Gasteiger partial charge in [-0.15, -0.1) is 0 Å². The molecule has 6 nitrogen and oxygen atoms in total. The molecular weight excluding hydrogens is 256 g/mol. The van der Waals surface area contributed by atoms with Crippen molar-refractivity contribution in [2.45, 2.75) is 33.2 Å². The van der Waals surface area contributed by atoms with Crippen LogP contribution >= 0.6 is 0 Å². The van der Waals surface area contributed by atoms with E-state index >= 15 is 0 Å². The number of hydrogen-bond donors (Lipinski definition) is 0. The summed E-state index contributed by atoms with van der Waals surface area (Å²) in [6.07, 6.45) is 1.61. The third-order valence-electron chi connectivity index (χ3n) is 3.60. The van der Waals surface area contributed by atoms with Gasteiger partial charge in [-0.2, -0.15) is 10.4 Å². The van der Waals surface area contributed by atoms with Gasteiger partial charge < -0.3 is 4.90 Å². The Labute approximate surface area is 117 Å².